The van der Waals surface area contributed by atoms with E-state index in [0.29, 0.717) is 6.04 Å². The van der Waals surface area contributed by atoms with Crippen molar-refractivity contribution in [2.24, 2.45) is 4.40 Å². The molecule has 0 aliphatic carbocycles. The van der Waals surface area contributed by atoms with Crippen LogP contribution in [0.4, 0.5) is 4.39 Å². The van der Waals surface area contributed by atoms with Gasteiger partial charge in [0.2, 0.25) is 0 Å². The normalized spacial score (nSPS) is 22.5. The maximum atomic E-state index is 14.4. The average molecular weight is 534 g/mol. The van der Waals surface area contributed by atoms with Gasteiger partial charge in [-0.1, -0.05) is 0 Å². The molecule has 0 amide bonds. The van der Waals surface area contributed by atoms with Crippen molar-refractivity contribution < 1.29 is 25.6 Å². The van der Waals surface area contributed by atoms with Crippen LogP contribution in [0.2, 0.25) is 0 Å². The van der Waals surface area contributed by atoms with E-state index in [9.17, 15) is 4.39 Å². The summed E-state index contributed by atoms with van der Waals surface area (Å²) in [6, 6.07) is 13.7. The number of hydrogen-bond donors (Lipinski definition) is 1. The van der Waals surface area contributed by atoms with Gasteiger partial charge in [0, 0.05) is 0 Å². The fourth-order valence-corrected chi connectivity index (χ4v) is 7.67. The van der Waals surface area contributed by atoms with Crippen LogP contribution in [-0.2, 0) is 0 Å². The molecule has 6 heteroatoms. The zero-order valence-corrected chi connectivity index (χ0v) is 20.4. The van der Waals surface area contributed by atoms with E-state index in [2.05, 4.69) is 36.3 Å². The third-order valence-corrected chi connectivity index (χ3v) is 9.38. The van der Waals surface area contributed by atoms with Gasteiger partial charge in [-0.05, 0) is 0 Å². The first kappa shape index (κ1) is 23.0. The zero-order chi connectivity index (χ0) is 21.7. The summed E-state index contributed by atoms with van der Waals surface area (Å²) in [6.45, 7) is 10.3. The predicted molar refractivity (Wildman–Crippen MR) is 122 cm³/mol. The molecule has 0 spiro atoms. The van der Waals surface area contributed by atoms with Gasteiger partial charge in [-0.3, -0.25) is 0 Å². The van der Waals surface area contributed by atoms with Gasteiger partial charge >= 0.3 is 194 Å². The van der Waals surface area contributed by atoms with E-state index in [4.69, 9.17) is 5.26 Å². The zero-order valence-electron chi connectivity index (χ0n) is 17.5. The van der Waals surface area contributed by atoms with Gasteiger partial charge in [-0.2, -0.15) is 0 Å². The van der Waals surface area contributed by atoms with Gasteiger partial charge in [-0.15, -0.1) is 0 Å². The summed E-state index contributed by atoms with van der Waals surface area (Å²) < 4.78 is 20.4. The molecule has 1 N–H and O–H groups in total. The van der Waals surface area contributed by atoms with Crippen molar-refractivity contribution in [1.29, 1.82) is 5.26 Å². The molecule has 0 bridgehead atoms. The molecule has 0 aromatic heterocycles. The first-order valence-electron chi connectivity index (χ1n) is 9.94. The summed E-state index contributed by atoms with van der Waals surface area (Å²) in [5, 5.41) is 12.9. The van der Waals surface area contributed by atoms with Crippen LogP contribution in [0.25, 0.3) is 16.0 Å². The van der Waals surface area contributed by atoms with Crippen LogP contribution in [0.1, 0.15) is 49.9 Å². The number of rotatable bonds is 5. The van der Waals surface area contributed by atoms with Crippen molar-refractivity contribution in [2.45, 2.75) is 43.2 Å². The minimum absolute atomic E-state index is 0.0582. The van der Waals surface area contributed by atoms with Crippen molar-refractivity contribution in [2.75, 3.05) is 4.43 Å². The standard InChI is InChI=1S/C24H26FIN3S/c1-5-23(30-28-4)24-19(17-9-10-18(14-27)21(25)12-17)7-6-8-20(24)22-13-26-15(2)11-16(3)29-22/h5-10,12,15-16,22,29H,4,11,13H2,1-3H3/q-1/b23-5-/t15-,16?,22?/m1/s1. The van der Waals surface area contributed by atoms with E-state index in [1.54, 1.807) is 6.07 Å². The van der Waals surface area contributed by atoms with Crippen molar-refractivity contribution in [3.05, 3.63) is 65.0 Å². The minimum atomic E-state index is -0.496. The molecule has 0 saturated carbocycles. The van der Waals surface area contributed by atoms with E-state index < -0.39 is 5.82 Å². The summed E-state index contributed by atoms with van der Waals surface area (Å²) in [7, 11) is 0. The molecule has 1 heterocycles. The van der Waals surface area contributed by atoms with Gasteiger partial charge in [0.05, 0.1) is 0 Å². The van der Waals surface area contributed by atoms with Crippen molar-refractivity contribution in [3.63, 3.8) is 0 Å². The maximum absolute atomic E-state index is 14.4. The average Bonchev–Trinajstić information content (AvgIpc) is 2.91. The SMILES string of the molecule is C=NS/C(=C\C)c1c(-c2ccc(C#N)c(F)c2)cccc1C1C[I-][C@H](C)CC(C)N1. The van der Waals surface area contributed by atoms with Gasteiger partial charge in [-0.25, -0.2) is 0 Å². The summed E-state index contributed by atoms with van der Waals surface area (Å²) in [5.41, 5.74) is 4.07. The molecule has 2 aromatic rings. The summed E-state index contributed by atoms with van der Waals surface area (Å²) >= 11 is 1.43. The Morgan fingerprint density at radius 1 is 1.37 bits per heavy atom. The Morgan fingerprint density at radius 3 is 2.83 bits per heavy atom. The Morgan fingerprint density at radius 2 is 2.17 bits per heavy atom. The number of nitriles is 1. The second-order valence-electron chi connectivity index (χ2n) is 7.39. The van der Waals surface area contributed by atoms with Gasteiger partial charge in [0.15, 0.2) is 0 Å². The van der Waals surface area contributed by atoms with Gasteiger partial charge < -0.3 is 0 Å². The van der Waals surface area contributed by atoms with Crippen molar-refractivity contribution >= 4 is 23.6 Å². The van der Waals surface area contributed by atoms with E-state index in [1.807, 2.05) is 37.3 Å². The number of nitrogens with zero attached hydrogens (tertiary/aromatic N) is 2. The molecule has 3 rings (SSSR count). The molecule has 1 aliphatic rings. The number of halogens is 2. The first-order valence-corrected chi connectivity index (χ1v) is 13.5. The van der Waals surface area contributed by atoms with E-state index in [1.165, 1.54) is 30.0 Å². The molecule has 2 unspecified atom stereocenters. The molecule has 158 valence electrons. The Hall–Kier alpha value is -1.69. The Bertz CT molecular complexity index is 998. The molecule has 0 radical (unpaired) electrons. The van der Waals surface area contributed by atoms with Crippen LogP contribution in [-0.4, -0.2) is 21.1 Å². The molecular weight excluding hydrogens is 508 g/mol. The van der Waals surface area contributed by atoms with Crippen LogP contribution < -0.4 is 26.5 Å². The van der Waals surface area contributed by atoms with Gasteiger partial charge in [0.25, 0.3) is 0 Å². The second-order valence-corrected chi connectivity index (χ2v) is 12.2. The number of hydrogen-bond acceptors (Lipinski definition) is 4. The molecule has 3 atom stereocenters. The van der Waals surface area contributed by atoms with Crippen LogP contribution >= 0.6 is 11.9 Å². The summed E-state index contributed by atoms with van der Waals surface area (Å²) in [5.74, 6) is -0.496. The quantitative estimate of drug-likeness (QED) is 0.278. The first-order chi connectivity index (χ1) is 14.5. The molecular formula is C24H26FIN3S-. The molecule has 1 saturated heterocycles. The Balaban J connectivity index is 2.18. The number of nitrogens with one attached hydrogen (secondary N) is 1. The number of alkyl halides is 2. The van der Waals surface area contributed by atoms with Crippen LogP contribution in [0.15, 0.2) is 46.9 Å². The summed E-state index contributed by atoms with van der Waals surface area (Å²) in [6.07, 6.45) is 3.25. The number of allylic oxidation sites excluding steroid dienone is 1. The Labute approximate surface area is 193 Å². The topological polar surface area (TPSA) is 48.2 Å². The monoisotopic (exact) mass is 534 g/mol. The van der Waals surface area contributed by atoms with Crippen LogP contribution in [0, 0.1) is 17.1 Å². The Kier molecular flexibility index (Phi) is 8.09. The molecule has 1 fully saturated rings. The third-order valence-electron chi connectivity index (χ3n) is 5.21. The van der Waals surface area contributed by atoms with Gasteiger partial charge in [0.1, 0.15) is 0 Å². The molecule has 1 aliphatic heterocycles. The third kappa shape index (κ3) is 5.13. The second kappa shape index (κ2) is 10.6. The summed E-state index contributed by atoms with van der Waals surface area (Å²) in [4.78, 5) is 1.00. The van der Waals surface area contributed by atoms with Crippen molar-refractivity contribution in [3.8, 4) is 17.2 Å². The predicted octanol–water partition coefficient (Wildman–Crippen LogP) is 2.97. The molecule has 3 nitrogen and oxygen atoms in total. The number of benzene rings is 2. The van der Waals surface area contributed by atoms with E-state index >= 15 is 0 Å². The van der Waals surface area contributed by atoms with E-state index in [-0.39, 0.29) is 32.8 Å². The fraction of sp³-hybridized carbons (Fsp3) is 0.333. The van der Waals surface area contributed by atoms with E-state index in [0.717, 1.165) is 29.9 Å². The van der Waals surface area contributed by atoms with Crippen LogP contribution in [0.5, 0.6) is 0 Å². The fourth-order valence-electron chi connectivity index (χ4n) is 3.88. The van der Waals surface area contributed by atoms with Crippen molar-refractivity contribution in [1.82, 2.24) is 5.32 Å². The molecule has 30 heavy (non-hydrogen) atoms. The van der Waals surface area contributed by atoms with Crippen LogP contribution in [0.3, 0.4) is 0 Å². The molecule has 2 aromatic carbocycles.